The highest BCUT2D eigenvalue weighted by Gasteiger charge is 2.13. The molecular formula is C15H8ClIN4O. The minimum absolute atomic E-state index is 0.513. The van der Waals surface area contributed by atoms with Gasteiger partial charge in [-0.1, -0.05) is 11.6 Å². The fraction of sp³-hybridized carbons (Fsp3) is 0. The molecule has 0 unspecified atom stereocenters. The number of benzene rings is 2. The van der Waals surface area contributed by atoms with E-state index in [9.17, 15) is 0 Å². The van der Waals surface area contributed by atoms with Gasteiger partial charge in [-0.15, -0.1) is 10.2 Å². The van der Waals surface area contributed by atoms with Gasteiger partial charge in [-0.2, -0.15) is 0 Å². The second kappa shape index (κ2) is 5.36. The van der Waals surface area contributed by atoms with Gasteiger partial charge in [0.15, 0.2) is 5.58 Å². The number of halogens is 2. The van der Waals surface area contributed by atoms with Gasteiger partial charge in [0.2, 0.25) is 5.89 Å². The van der Waals surface area contributed by atoms with Crippen molar-refractivity contribution in [3.63, 3.8) is 0 Å². The van der Waals surface area contributed by atoms with E-state index in [1.807, 2.05) is 41.0 Å². The highest BCUT2D eigenvalue weighted by molar-refractivity contribution is 14.1. The SMILES string of the molecule is Clc1ccc(I)cc1-c1nc2cc(-n3cnnc3)ccc2o1. The van der Waals surface area contributed by atoms with Crippen molar-refractivity contribution in [2.24, 2.45) is 0 Å². The number of aromatic nitrogens is 4. The molecule has 2 heterocycles. The molecule has 108 valence electrons. The Balaban J connectivity index is 1.85. The first-order valence-corrected chi connectivity index (χ1v) is 7.87. The summed E-state index contributed by atoms with van der Waals surface area (Å²) in [5.74, 6) is 0.513. The number of rotatable bonds is 2. The van der Waals surface area contributed by atoms with Crippen molar-refractivity contribution in [2.75, 3.05) is 0 Å². The van der Waals surface area contributed by atoms with E-state index in [1.54, 1.807) is 12.7 Å². The van der Waals surface area contributed by atoms with Crippen LogP contribution in [0.5, 0.6) is 0 Å². The van der Waals surface area contributed by atoms with Gasteiger partial charge in [-0.3, -0.25) is 4.57 Å². The lowest BCUT2D eigenvalue weighted by Gasteiger charge is -1.99. The van der Waals surface area contributed by atoms with Crippen LogP contribution in [0.4, 0.5) is 0 Å². The molecule has 0 aliphatic carbocycles. The topological polar surface area (TPSA) is 56.7 Å². The van der Waals surface area contributed by atoms with Gasteiger partial charge in [-0.05, 0) is 59.0 Å². The largest absolute Gasteiger partial charge is 0.436 e. The number of nitrogens with zero attached hydrogens (tertiary/aromatic N) is 4. The highest BCUT2D eigenvalue weighted by Crippen LogP contribution is 2.31. The van der Waals surface area contributed by atoms with Crippen LogP contribution in [-0.2, 0) is 0 Å². The predicted molar refractivity (Wildman–Crippen MR) is 92.1 cm³/mol. The third kappa shape index (κ3) is 2.38. The molecule has 0 saturated heterocycles. The fourth-order valence-electron chi connectivity index (χ4n) is 2.19. The van der Waals surface area contributed by atoms with E-state index >= 15 is 0 Å². The number of hydrogen-bond donors (Lipinski definition) is 0. The molecule has 4 aromatic rings. The lowest BCUT2D eigenvalue weighted by atomic mass is 10.2. The average Bonchev–Trinajstić information content (AvgIpc) is 3.17. The van der Waals surface area contributed by atoms with Crippen molar-refractivity contribution in [1.82, 2.24) is 19.7 Å². The zero-order valence-electron chi connectivity index (χ0n) is 11.1. The molecule has 0 aliphatic rings. The maximum atomic E-state index is 6.25. The Morgan fingerprint density at radius 1 is 1.05 bits per heavy atom. The quantitative estimate of drug-likeness (QED) is 0.451. The fourth-order valence-corrected chi connectivity index (χ4v) is 2.88. The van der Waals surface area contributed by atoms with Crippen LogP contribution in [0, 0.1) is 3.57 Å². The first kappa shape index (κ1) is 13.7. The molecule has 0 amide bonds. The zero-order valence-corrected chi connectivity index (χ0v) is 14.0. The maximum absolute atomic E-state index is 6.25. The van der Waals surface area contributed by atoms with E-state index in [1.165, 1.54) is 0 Å². The summed E-state index contributed by atoms with van der Waals surface area (Å²) in [6, 6.07) is 11.5. The Morgan fingerprint density at radius 2 is 1.86 bits per heavy atom. The summed E-state index contributed by atoms with van der Waals surface area (Å²) in [4.78, 5) is 4.55. The second-order valence-electron chi connectivity index (χ2n) is 4.66. The van der Waals surface area contributed by atoms with E-state index in [4.69, 9.17) is 16.0 Å². The van der Waals surface area contributed by atoms with Gasteiger partial charge in [0, 0.05) is 3.57 Å². The van der Waals surface area contributed by atoms with E-state index in [2.05, 4.69) is 37.8 Å². The van der Waals surface area contributed by atoms with Crippen LogP contribution in [0.3, 0.4) is 0 Å². The summed E-state index contributed by atoms with van der Waals surface area (Å²) < 4.78 is 8.71. The first-order chi connectivity index (χ1) is 10.7. The van der Waals surface area contributed by atoms with Gasteiger partial charge in [0.1, 0.15) is 18.2 Å². The summed E-state index contributed by atoms with van der Waals surface area (Å²) in [5, 5.41) is 8.22. The van der Waals surface area contributed by atoms with Gasteiger partial charge in [-0.25, -0.2) is 4.98 Å². The molecule has 0 bridgehead atoms. The van der Waals surface area contributed by atoms with Gasteiger partial charge >= 0.3 is 0 Å². The first-order valence-electron chi connectivity index (χ1n) is 6.42. The molecule has 0 aliphatic heterocycles. The summed E-state index contributed by atoms with van der Waals surface area (Å²) in [6.07, 6.45) is 3.27. The van der Waals surface area contributed by atoms with Crippen molar-refractivity contribution < 1.29 is 4.42 Å². The number of oxazole rings is 1. The van der Waals surface area contributed by atoms with Crippen molar-refractivity contribution in [3.8, 4) is 17.1 Å². The minimum Gasteiger partial charge on any atom is -0.436 e. The molecule has 0 atom stereocenters. The Kier molecular flexibility index (Phi) is 3.34. The van der Waals surface area contributed by atoms with Crippen LogP contribution in [0.25, 0.3) is 28.2 Å². The van der Waals surface area contributed by atoms with Crippen molar-refractivity contribution in [1.29, 1.82) is 0 Å². The van der Waals surface area contributed by atoms with Crippen molar-refractivity contribution in [3.05, 3.63) is 57.6 Å². The van der Waals surface area contributed by atoms with Crippen LogP contribution in [0.1, 0.15) is 0 Å². The van der Waals surface area contributed by atoms with E-state index < -0.39 is 0 Å². The standard InChI is InChI=1S/C15H8ClIN4O/c16-12-3-1-9(17)5-11(12)15-20-13-6-10(2-4-14(13)22-15)21-7-18-19-8-21/h1-8H. The Morgan fingerprint density at radius 3 is 2.68 bits per heavy atom. The Hall–Kier alpha value is -1.93. The minimum atomic E-state index is 0.513. The Bertz CT molecular complexity index is 965. The van der Waals surface area contributed by atoms with Crippen LogP contribution in [0.15, 0.2) is 53.5 Å². The Labute approximate surface area is 144 Å². The van der Waals surface area contributed by atoms with Crippen molar-refractivity contribution in [2.45, 2.75) is 0 Å². The van der Waals surface area contributed by atoms with Gasteiger partial charge in [0.05, 0.1) is 16.3 Å². The molecule has 4 rings (SSSR count). The van der Waals surface area contributed by atoms with Crippen LogP contribution in [0.2, 0.25) is 5.02 Å². The van der Waals surface area contributed by atoms with Crippen molar-refractivity contribution >= 4 is 45.3 Å². The summed E-state index contributed by atoms with van der Waals surface area (Å²) in [5.41, 5.74) is 3.18. The molecule has 22 heavy (non-hydrogen) atoms. The molecule has 0 fully saturated rings. The molecule has 7 heteroatoms. The number of fused-ring (bicyclic) bond motifs is 1. The molecule has 0 saturated carbocycles. The molecule has 5 nitrogen and oxygen atoms in total. The zero-order chi connectivity index (χ0) is 15.1. The highest BCUT2D eigenvalue weighted by atomic mass is 127. The predicted octanol–water partition coefficient (Wildman–Crippen LogP) is 4.33. The number of hydrogen-bond acceptors (Lipinski definition) is 4. The third-order valence-corrected chi connectivity index (χ3v) is 4.25. The smallest absolute Gasteiger partial charge is 0.228 e. The van der Waals surface area contributed by atoms with E-state index in [-0.39, 0.29) is 0 Å². The molecule has 0 N–H and O–H groups in total. The molecule has 0 radical (unpaired) electrons. The van der Waals surface area contributed by atoms with Gasteiger partial charge < -0.3 is 4.42 Å². The van der Waals surface area contributed by atoms with Crippen LogP contribution in [-0.4, -0.2) is 19.7 Å². The van der Waals surface area contributed by atoms with Crippen LogP contribution < -0.4 is 0 Å². The summed E-state index contributed by atoms with van der Waals surface area (Å²) >= 11 is 8.48. The average molecular weight is 423 g/mol. The second-order valence-corrected chi connectivity index (χ2v) is 6.32. The molecule has 2 aromatic carbocycles. The van der Waals surface area contributed by atoms with Gasteiger partial charge in [0.25, 0.3) is 0 Å². The van der Waals surface area contributed by atoms with Crippen LogP contribution >= 0.6 is 34.2 Å². The molecule has 0 spiro atoms. The summed E-state index contributed by atoms with van der Waals surface area (Å²) in [7, 11) is 0. The lowest BCUT2D eigenvalue weighted by Crippen LogP contribution is -1.89. The maximum Gasteiger partial charge on any atom is 0.228 e. The monoisotopic (exact) mass is 422 g/mol. The molecular weight excluding hydrogens is 415 g/mol. The van der Waals surface area contributed by atoms with E-state index in [0.29, 0.717) is 16.5 Å². The van der Waals surface area contributed by atoms with E-state index in [0.717, 1.165) is 20.3 Å². The third-order valence-electron chi connectivity index (χ3n) is 3.25. The normalized spacial score (nSPS) is 11.2. The lowest BCUT2D eigenvalue weighted by molar-refractivity contribution is 0.620. The molecule has 2 aromatic heterocycles. The summed E-state index contributed by atoms with van der Waals surface area (Å²) in [6.45, 7) is 0.